The second-order valence-electron chi connectivity index (χ2n) is 8.95. The van der Waals surface area contributed by atoms with Crippen molar-refractivity contribution in [3.05, 3.63) is 88.7 Å². The third kappa shape index (κ3) is 5.25. The highest BCUT2D eigenvalue weighted by atomic mass is 32.2. The van der Waals surface area contributed by atoms with Gasteiger partial charge in [-0.2, -0.15) is 4.39 Å². The zero-order valence-electron chi connectivity index (χ0n) is 20.0. The third-order valence-corrected chi connectivity index (χ3v) is 7.99. The van der Waals surface area contributed by atoms with Crippen molar-refractivity contribution in [3.63, 3.8) is 0 Å². The van der Waals surface area contributed by atoms with Crippen molar-refractivity contribution in [1.29, 1.82) is 0 Å². The molecule has 2 aromatic rings. The molecule has 0 saturated carbocycles. The Bertz CT molecular complexity index is 1230. The molecule has 34 heavy (non-hydrogen) atoms. The van der Waals surface area contributed by atoms with Gasteiger partial charge in [0.05, 0.1) is 23.6 Å². The van der Waals surface area contributed by atoms with Gasteiger partial charge in [0.2, 0.25) is 5.95 Å². The van der Waals surface area contributed by atoms with E-state index in [4.69, 9.17) is 10.5 Å². The van der Waals surface area contributed by atoms with Gasteiger partial charge in [0.15, 0.2) is 9.84 Å². The molecule has 1 unspecified atom stereocenters. The predicted octanol–water partition coefficient (Wildman–Crippen LogP) is 4.38. The Labute approximate surface area is 200 Å². The van der Waals surface area contributed by atoms with Crippen LogP contribution in [0.4, 0.5) is 10.2 Å². The summed E-state index contributed by atoms with van der Waals surface area (Å²) in [6.45, 7) is 7.21. The van der Waals surface area contributed by atoms with Gasteiger partial charge >= 0.3 is 0 Å². The summed E-state index contributed by atoms with van der Waals surface area (Å²) >= 11 is 0. The Hall–Kier alpha value is -3.33. The Morgan fingerprint density at radius 3 is 2.53 bits per heavy atom. The number of hydrogen-bond donors (Lipinski definition) is 2. The summed E-state index contributed by atoms with van der Waals surface area (Å²) in [6.07, 6.45) is 4.53. The molecule has 1 aromatic heterocycles. The lowest BCUT2D eigenvalue weighted by molar-refractivity contribution is 0.289. The van der Waals surface area contributed by atoms with Crippen LogP contribution in [0, 0.1) is 5.95 Å². The van der Waals surface area contributed by atoms with E-state index in [9.17, 15) is 12.8 Å². The highest BCUT2D eigenvalue weighted by molar-refractivity contribution is 7.96. The molecule has 1 atom stereocenters. The number of rotatable bonds is 7. The lowest BCUT2D eigenvalue weighted by atomic mass is 10.1. The van der Waals surface area contributed by atoms with E-state index >= 15 is 0 Å². The Kier molecular flexibility index (Phi) is 7.35. The molecule has 182 valence electrons. The van der Waals surface area contributed by atoms with Crippen LogP contribution in [0.1, 0.15) is 38.8 Å². The Morgan fingerprint density at radius 2 is 1.94 bits per heavy atom. The van der Waals surface area contributed by atoms with Crippen LogP contribution in [-0.2, 0) is 21.1 Å². The van der Waals surface area contributed by atoms with Gasteiger partial charge in [0.25, 0.3) is 0 Å². The Morgan fingerprint density at radius 1 is 1.26 bits per heavy atom. The van der Waals surface area contributed by atoms with Crippen molar-refractivity contribution < 1.29 is 17.5 Å². The van der Waals surface area contributed by atoms with Gasteiger partial charge in [0.1, 0.15) is 16.5 Å². The number of anilines is 1. The van der Waals surface area contributed by atoms with Crippen LogP contribution in [0.3, 0.4) is 0 Å². The number of methoxy groups -OCH3 is 1. The first-order valence-corrected chi connectivity index (χ1v) is 12.3. The summed E-state index contributed by atoms with van der Waals surface area (Å²) < 4.78 is 45.3. The van der Waals surface area contributed by atoms with Gasteiger partial charge in [-0.05, 0) is 45.4 Å². The average Bonchev–Trinajstić information content (AvgIpc) is 2.78. The molecule has 0 saturated heterocycles. The number of benzene rings is 1. The quantitative estimate of drug-likeness (QED) is 0.561. The monoisotopic (exact) mass is 486 g/mol. The fourth-order valence-electron chi connectivity index (χ4n) is 3.53. The number of ether oxygens (including phenoxy) is 1. The van der Waals surface area contributed by atoms with Crippen LogP contribution in [0.15, 0.2) is 71.6 Å². The molecule has 9 heteroatoms. The van der Waals surface area contributed by atoms with Crippen molar-refractivity contribution in [2.75, 3.05) is 12.4 Å². The number of hydrogen-bond acceptors (Lipinski definition) is 7. The fraction of sp³-hybridized carbons (Fsp3) is 0.320. The topological polar surface area (TPSA) is 97.6 Å². The molecule has 0 amide bonds. The molecule has 1 aliphatic heterocycles. The van der Waals surface area contributed by atoms with Crippen molar-refractivity contribution in [2.45, 2.75) is 45.0 Å². The molecule has 3 N–H and O–H groups in total. The number of sulfone groups is 1. The number of pyridine rings is 1. The van der Waals surface area contributed by atoms with Crippen molar-refractivity contribution in [3.8, 4) is 0 Å². The molecule has 0 fully saturated rings. The standard InChI is InChI=1S/C25H31FN4O3S/c1-17-11-21(33-5)22(34(31,32)25(2,3)4)16-30(17)20(14-27)19-12-23(26)29-24(13-19)28-15-18-9-7-6-8-10-18/h6-14,16-17H,15,27H2,1-5H3,(H,28,29)/b20-14-. The second kappa shape index (κ2) is 9.89. The van der Waals surface area contributed by atoms with Gasteiger partial charge in [-0.3, -0.25) is 0 Å². The first-order valence-electron chi connectivity index (χ1n) is 10.9. The predicted molar refractivity (Wildman–Crippen MR) is 133 cm³/mol. The van der Waals surface area contributed by atoms with Crippen LogP contribution in [0.25, 0.3) is 5.70 Å². The molecular weight excluding hydrogens is 455 g/mol. The number of nitrogens with zero attached hydrogens (tertiary/aromatic N) is 2. The summed E-state index contributed by atoms with van der Waals surface area (Å²) in [5.74, 6) is -0.0830. The van der Waals surface area contributed by atoms with Gasteiger partial charge in [0, 0.05) is 30.6 Å². The maximum Gasteiger partial charge on any atom is 0.215 e. The fourth-order valence-corrected chi connectivity index (χ4v) is 4.86. The van der Waals surface area contributed by atoms with E-state index < -0.39 is 20.5 Å². The van der Waals surface area contributed by atoms with E-state index in [-0.39, 0.29) is 16.7 Å². The van der Waals surface area contributed by atoms with Gasteiger partial charge in [-0.1, -0.05) is 30.3 Å². The number of nitrogens with two attached hydrogens (primary N) is 1. The van der Waals surface area contributed by atoms with Gasteiger partial charge < -0.3 is 20.7 Å². The minimum Gasteiger partial charge on any atom is -0.496 e. The average molecular weight is 487 g/mol. The summed E-state index contributed by atoms with van der Waals surface area (Å²) in [5.41, 5.74) is 7.88. The molecule has 0 radical (unpaired) electrons. The molecule has 7 nitrogen and oxygen atoms in total. The summed E-state index contributed by atoms with van der Waals surface area (Å²) in [6, 6.07) is 12.3. The maximum absolute atomic E-state index is 14.5. The van der Waals surface area contributed by atoms with Crippen LogP contribution >= 0.6 is 0 Å². The van der Waals surface area contributed by atoms with Crippen molar-refractivity contribution in [2.24, 2.45) is 5.73 Å². The van der Waals surface area contributed by atoms with Gasteiger partial charge in [-0.25, -0.2) is 13.4 Å². The van der Waals surface area contributed by atoms with Crippen LogP contribution in [0.5, 0.6) is 0 Å². The van der Waals surface area contributed by atoms with Crippen LogP contribution < -0.4 is 11.1 Å². The van der Waals surface area contributed by atoms with E-state index in [0.717, 1.165) is 5.56 Å². The minimum absolute atomic E-state index is 0.0388. The smallest absolute Gasteiger partial charge is 0.215 e. The molecule has 0 spiro atoms. The number of halogens is 1. The van der Waals surface area contributed by atoms with E-state index in [1.165, 1.54) is 25.6 Å². The normalized spacial score (nSPS) is 17.2. The van der Waals surface area contributed by atoms with E-state index in [2.05, 4.69) is 10.3 Å². The van der Waals surface area contributed by atoms with Crippen molar-refractivity contribution >= 4 is 21.4 Å². The highest BCUT2D eigenvalue weighted by Crippen LogP contribution is 2.36. The zero-order valence-corrected chi connectivity index (χ0v) is 20.9. The van der Waals surface area contributed by atoms with Gasteiger partial charge in [-0.15, -0.1) is 0 Å². The van der Waals surface area contributed by atoms with Crippen molar-refractivity contribution in [1.82, 2.24) is 9.88 Å². The molecular formula is C25H31FN4O3S. The minimum atomic E-state index is -3.74. The van der Waals surface area contributed by atoms with Crippen LogP contribution in [-0.4, -0.2) is 36.2 Å². The SMILES string of the molecule is COC1=CC(C)N(/C(=C\N)c2cc(F)nc(NCc3ccccc3)c2)C=C1S(=O)(=O)C(C)(C)C. The lowest BCUT2D eigenvalue weighted by Gasteiger charge is -2.34. The zero-order chi connectivity index (χ0) is 25.1. The molecule has 2 heterocycles. The molecule has 0 bridgehead atoms. The van der Waals surface area contributed by atoms with E-state index in [1.54, 1.807) is 37.8 Å². The number of aromatic nitrogens is 1. The lowest BCUT2D eigenvalue weighted by Crippen LogP contribution is -2.36. The summed E-state index contributed by atoms with van der Waals surface area (Å²) in [7, 11) is -2.30. The molecule has 1 aromatic carbocycles. The Balaban J connectivity index is 1.99. The summed E-state index contributed by atoms with van der Waals surface area (Å²) in [4.78, 5) is 5.66. The van der Waals surface area contributed by atoms with Crippen LogP contribution in [0.2, 0.25) is 0 Å². The summed E-state index contributed by atoms with van der Waals surface area (Å²) in [5, 5.41) is 3.12. The first kappa shape index (κ1) is 25.3. The molecule has 0 aliphatic carbocycles. The maximum atomic E-state index is 14.5. The largest absolute Gasteiger partial charge is 0.496 e. The molecule has 1 aliphatic rings. The van der Waals surface area contributed by atoms with E-state index in [1.807, 2.05) is 37.3 Å². The van der Waals surface area contributed by atoms with E-state index in [0.29, 0.717) is 23.6 Å². The third-order valence-electron chi connectivity index (χ3n) is 5.49. The second-order valence-corrected chi connectivity index (χ2v) is 11.6. The first-order chi connectivity index (χ1) is 16.0. The number of nitrogens with one attached hydrogen (secondary N) is 1. The highest BCUT2D eigenvalue weighted by Gasteiger charge is 2.38. The molecule has 3 rings (SSSR count).